The van der Waals surface area contributed by atoms with Gasteiger partial charge in [0.25, 0.3) is 0 Å². The first kappa shape index (κ1) is 15.9. The zero-order valence-corrected chi connectivity index (χ0v) is 12.0. The summed E-state index contributed by atoms with van der Waals surface area (Å²) in [6.45, 7) is 2.24. The number of cyclic esters (lactones) is 2. The molecule has 3 nitrogen and oxygen atoms in total. The van der Waals surface area contributed by atoms with Crippen molar-refractivity contribution in [2.24, 2.45) is 5.92 Å². The van der Waals surface area contributed by atoms with Crippen LogP contribution in [0.1, 0.15) is 71.1 Å². The van der Waals surface area contributed by atoms with Crippen molar-refractivity contribution in [2.75, 3.05) is 0 Å². The Kier molecular flexibility index (Phi) is 8.19. The van der Waals surface area contributed by atoms with Gasteiger partial charge in [0.05, 0.1) is 0 Å². The summed E-state index contributed by atoms with van der Waals surface area (Å²) in [7, 11) is 0. The maximum Gasteiger partial charge on any atom is 0.328 e. The summed E-state index contributed by atoms with van der Waals surface area (Å²) in [6, 6.07) is 0. The Hall–Kier alpha value is -1.12. The van der Waals surface area contributed by atoms with Crippen molar-refractivity contribution in [3.8, 4) is 0 Å². The fraction of sp³-hybridized carbons (Fsp3) is 0.750. The Morgan fingerprint density at radius 2 is 1.47 bits per heavy atom. The van der Waals surface area contributed by atoms with Crippen LogP contribution in [0.5, 0.6) is 0 Å². The maximum atomic E-state index is 10.9. The Bertz CT molecular complexity index is 293. The number of allylic oxidation sites excluding steroid dienone is 2. The number of unbranched alkanes of at least 4 members (excludes halogenated alkanes) is 8. The third kappa shape index (κ3) is 6.55. The van der Waals surface area contributed by atoms with Crippen molar-refractivity contribution in [2.45, 2.75) is 71.1 Å². The molecule has 1 rings (SSSR count). The number of rotatable bonds is 11. The predicted molar refractivity (Wildman–Crippen MR) is 75.6 cm³/mol. The van der Waals surface area contributed by atoms with Crippen molar-refractivity contribution >= 4 is 11.9 Å². The first-order valence-corrected chi connectivity index (χ1v) is 7.66. The Morgan fingerprint density at radius 3 is 2.05 bits per heavy atom. The molecule has 0 aromatic rings. The molecular formula is C16H26O3. The molecule has 0 aromatic carbocycles. The average Bonchev–Trinajstić information content (AvgIpc) is 2.40. The van der Waals surface area contributed by atoms with Gasteiger partial charge in [0.15, 0.2) is 5.92 Å². The quantitative estimate of drug-likeness (QED) is 0.244. The number of hydrogen-bond acceptors (Lipinski definition) is 3. The van der Waals surface area contributed by atoms with Crippen LogP contribution >= 0.6 is 0 Å². The lowest BCUT2D eigenvalue weighted by atomic mass is 10.0. The lowest BCUT2D eigenvalue weighted by Gasteiger charge is -2.19. The van der Waals surface area contributed by atoms with Crippen molar-refractivity contribution in [1.82, 2.24) is 0 Å². The second-order valence-electron chi connectivity index (χ2n) is 5.26. The van der Waals surface area contributed by atoms with Crippen LogP contribution in [0, 0.1) is 5.92 Å². The lowest BCUT2D eigenvalue weighted by Crippen LogP contribution is -2.40. The molecule has 108 valence electrons. The van der Waals surface area contributed by atoms with Crippen molar-refractivity contribution in [3.05, 3.63) is 12.2 Å². The van der Waals surface area contributed by atoms with E-state index >= 15 is 0 Å². The highest BCUT2D eigenvalue weighted by Gasteiger charge is 2.40. The summed E-state index contributed by atoms with van der Waals surface area (Å²) in [4.78, 5) is 21.8. The first-order valence-electron chi connectivity index (χ1n) is 7.66. The molecule has 0 aromatic heterocycles. The molecule has 1 saturated heterocycles. The molecule has 0 bridgehead atoms. The van der Waals surface area contributed by atoms with Gasteiger partial charge >= 0.3 is 11.9 Å². The molecule has 1 aliphatic rings. The van der Waals surface area contributed by atoms with Gasteiger partial charge in [-0.15, -0.1) is 0 Å². The van der Waals surface area contributed by atoms with E-state index in [9.17, 15) is 9.59 Å². The summed E-state index contributed by atoms with van der Waals surface area (Å²) < 4.78 is 4.29. The number of ether oxygens (including phenoxy) is 1. The molecule has 0 aliphatic carbocycles. The van der Waals surface area contributed by atoms with E-state index < -0.39 is 5.92 Å². The molecule has 0 spiro atoms. The summed E-state index contributed by atoms with van der Waals surface area (Å²) in [6.07, 6.45) is 16.1. The minimum absolute atomic E-state index is 0.373. The summed E-state index contributed by atoms with van der Waals surface area (Å²) in [5.41, 5.74) is 0. The van der Waals surface area contributed by atoms with Gasteiger partial charge in [0.1, 0.15) is 0 Å². The number of esters is 2. The second kappa shape index (κ2) is 9.76. The molecule has 0 atom stereocenters. The third-order valence-corrected chi connectivity index (χ3v) is 3.53. The number of carbonyl (C=O) groups excluding carboxylic acids is 2. The topological polar surface area (TPSA) is 43.4 Å². The molecule has 0 saturated carbocycles. The highest BCUT2D eigenvalue weighted by Crippen LogP contribution is 2.19. The summed E-state index contributed by atoms with van der Waals surface area (Å²) in [5, 5.41) is 0. The lowest BCUT2D eigenvalue weighted by molar-refractivity contribution is -0.183. The van der Waals surface area contributed by atoms with Gasteiger partial charge in [0.2, 0.25) is 0 Å². The van der Waals surface area contributed by atoms with Crippen molar-refractivity contribution in [3.63, 3.8) is 0 Å². The SMILES string of the molecule is CCCCCCCCCC/C=C\CC1C(=O)OC1=O. The van der Waals surface area contributed by atoms with Crippen LogP contribution in [-0.2, 0) is 14.3 Å². The van der Waals surface area contributed by atoms with E-state index in [4.69, 9.17) is 0 Å². The first-order chi connectivity index (χ1) is 9.25. The Balaban J connectivity index is 1.85. The minimum Gasteiger partial charge on any atom is -0.392 e. The van der Waals surface area contributed by atoms with Gasteiger partial charge in [-0.2, -0.15) is 0 Å². The molecule has 1 heterocycles. The van der Waals surface area contributed by atoms with Gasteiger partial charge in [-0.05, 0) is 19.3 Å². The van der Waals surface area contributed by atoms with E-state index in [1.807, 2.05) is 6.08 Å². The molecule has 0 radical (unpaired) electrons. The van der Waals surface area contributed by atoms with Gasteiger partial charge in [-0.1, -0.05) is 64.0 Å². The van der Waals surface area contributed by atoms with Crippen LogP contribution in [0.2, 0.25) is 0 Å². The second-order valence-corrected chi connectivity index (χ2v) is 5.26. The average molecular weight is 266 g/mol. The van der Waals surface area contributed by atoms with Crippen LogP contribution < -0.4 is 0 Å². The highest BCUT2D eigenvalue weighted by atomic mass is 16.6. The zero-order chi connectivity index (χ0) is 13.9. The van der Waals surface area contributed by atoms with Crippen molar-refractivity contribution < 1.29 is 14.3 Å². The van der Waals surface area contributed by atoms with Crippen LogP contribution in [0.4, 0.5) is 0 Å². The standard InChI is InChI=1S/C16H26O3/c1-2-3-4-5-6-7-8-9-10-11-12-13-14-15(17)19-16(14)18/h11-12,14H,2-10,13H2,1H3/b12-11-. The molecule has 3 heteroatoms. The number of carbonyl (C=O) groups is 2. The van der Waals surface area contributed by atoms with Gasteiger partial charge in [-0.3, -0.25) is 9.59 Å². The van der Waals surface area contributed by atoms with Crippen molar-refractivity contribution in [1.29, 1.82) is 0 Å². The Labute approximate surface area is 116 Å². The zero-order valence-electron chi connectivity index (χ0n) is 12.0. The smallest absolute Gasteiger partial charge is 0.328 e. The van der Waals surface area contributed by atoms with E-state index in [0.29, 0.717) is 6.42 Å². The van der Waals surface area contributed by atoms with E-state index in [-0.39, 0.29) is 11.9 Å². The van der Waals surface area contributed by atoms with Gasteiger partial charge < -0.3 is 4.74 Å². The fourth-order valence-corrected chi connectivity index (χ4v) is 2.22. The van der Waals surface area contributed by atoms with E-state index in [1.165, 1.54) is 51.4 Å². The molecule has 0 amide bonds. The van der Waals surface area contributed by atoms with E-state index in [0.717, 1.165) is 6.42 Å². The monoisotopic (exact) mass is 266 g/mol. The minimum atomic E-state index is -0.519. The highest BCUT2D eigenvalue weighted by molar-refractivity contribution is 6.09. The molecule has 19 heavy (non-hydrogen) atoms. The molecule has 0 unspecified atom stereocenters. The van der Waals surface area contributed by atoms with Crippen LogP contribution in [0.25, 0.3) is 0 Å². The largest absolute Gasteiger partial charge is 0.392 e. The molecule has 0 N–H and O–H groups in total. The summed E-state index contributed by atoms with van der Waals surface area (Å²) in [5.74, 6) is -1.27. The molecule has 1 fully saturated rings. The van der Waals surface area contributed by atoms with Gasteiger partial charge in [0, 0.05) is 0 Å². The number of hydrogen-bond donors (Lipinski definition) is 0. The van der Waals surface area contributed by atoms with Crippen LogP contribution in [0.3, 0.4) is 0 Å². The van der Waals surface area contributed by atoms with Gasteiger partial charge in [-0.25, -0.2) is 0 Å². The van der Waals surface area contributed by atoms with Crippen LogP contribution in [0.15, 0.2) is 12.2 Å². The fourth-order valence-electron chi connectivity index (χ4n) is 2.22. The third-order valence-electron chi connectivity index (χ3n) is 3.53. The molecular weight excluding hydrogens is 240 g/mol. The summed E-state index contributed by atoms with van der Waals surface area (Å²) >= 11 is 0. The normalized spacial score (nSPS) is 15.8. The molecule has 1 aliphatic heterocycles. The van der Waals surface area contributed by atoms with E-state index in [1.54, 1.807) is 0 Å². The Morgan fingerprint density at radius 1 is 0.895 bits per heavy atom. The predicted octanol–water partition coefficient (Wildman–Crippen LogP) is 4.16. The maximum absolute atomic E-state index is 10.9. The van der Waals surface area contributed by atoms with E-state index in [2.05, 4.69) is 17.7 Å². The van der Waals surface area contributed by atoms with Crippen LogP contribution in [-0.4, -0.2) is 11.9 Å².